The fourth-order valence-corrected chi connectivity index (χ4v) is 5.06. The van der Waals surface area contributed by atoms with Crippen LogP contribution < -0.4 is 24.7 Å². The molecule has 0 spiro atoms. The zero-order valence-corrected chi connectivity index (χ0v) is 27.1. The summed E-state index contributed by atoms with van der Waals surface area (Å²) < 4.78 is 53.5. The van der Waals surface area contributed by atoms with Crippen molar-refractivity contribution < 1.29 is 47.6 Å². The number of hydrogen-bond acceptors (Lipinski definition) is 7. The molecule has 2 aliphatic rings. The minimum absolute atomic E-state index is 0. The zero-order chi connectivity index (χ0) is 32.1. The first-order valence-electron chi connectivity index (χ1n) is 13.8. The van der Waals surface area contributed by atoms with Gasteiger partial charge in [0.1, 0.15) is 23.3 Å². The van der Waals surface area contributed by atoms with Gasteiger partial charge < -0.3 is 29.5 Å². The topological polar surface area (TPSA) is 66.0 Å². The Kier molecular flexibility index (Phi) is 11.0. The summed E-state index contributed by atoms with van der Waals surface area (Å²) in [7, 11) is 3.89. The number of pyridine rings is 1. The number of anilines is 6. The van der Waals surface area contributed by atoms with Crippen LogP contribution in [-0.2, 0) is 20.1 Å². The van der Waals surface area contributed by atoms with E-state index in [1.807, 2.05) is 82.2 Å². The van der Waals surface area contributed by atoms with Crippen LogP contribution in [0.2, 0.25) is 0 Å². The van der Waals surface area contributed by atoms with Crippen LogP contribution in [-0.4, -0.2) is 38.4 Å². The normalized spacial score (nSPS) is 12.7. The molecule has 4 aromatic carbocycles. The molecule has 0 fully saturated rings. The van der Waals surface area contributed by atoms with E-state index in [4.69, 9.17) is 0 Å². The van der Waals surface area contributed by atoms with Crippen molar-refractivity contribution in [3.05, 3.63) is 138 Å². The van der Waals surface area contributed by atoms with Gasteiger partial charge in [-0.05, 0) is 60.7 Å². The fourth-order valence-electron chi connectivity index (χ4n) is 5.06. The van der Waals surface area contributed by atoms with Gasteiger partial charge in [0.2, 0.25) is 0 Å². The Hall–Kier alpha value is -4.93. The van der Waals surface area contributed by atoms with Crippen molar-refractivity contribution >= 4 is 40.1 Å². The fraction of sp³-hybridized carbons (Fsp3) is 0.118. The van der Waals surface area contributed by atoms with E-state index in [1.54, 1.807) is 12.1 Å². The third kappa shape index (κ3) is 7.47. The van der Waals surface area contributed by atoms with E-state index in [9.17, 15) is 27.5 Å². The third-order valence-corrected chi connectivity index (χ3v) is 7.15. The second-order valence-corrected chi connectivity index (χ2v) is 10.2. The van der Waals surface area contributed by atoms with Gasteiger partial charge in [0.15, 0.2) is 0 Å². The van der Waals surface area contributed by atoms with Crippen molar-refractivity contribution in [3.63, 3.8) is 0 Å². The molecule has 12 heteroatoms. The molecule has 46 heavy (non-hydrogen) atoms. The molecule has 0 N–H and O–H groups in total. The molecule has 7 nitrogen and oxygen atoms in total. The second-order valence-electron chi connectivity index (χ2n) is 10.2. The minimum atomic E-state index is -1.24. The number of rotatable bonds is 3. The summed E-state index contributed by atoms with van der Waals surface area (Å²) in [5.74, 6) is -3.44. The molecule has 2 aliphatic heterocycles. The zero-order valence-electron chi connectivity index (χ0n) is 24.7. The maximum absolute atomic E-state index is 13.8. The summed E-state index contributed by atoms with van der Waals surface area (Å²) in [6.45, 7) is 1.11. The Balaban J connectivity index is 0.000000164. The van der Waals surface area contributed by atoms with Gasteiger partial charge in [0, 0.05) is 32.4 Å². The Bertz CT molecular complexity index is 1710. The van der Waals surface area contributed by atoms with Crippen LogP contribution in [0.1, 0.15) is 10.5 Å². The second kappa shape index (κ2) is 14.9. The van der Waals surface area contributed by atoms with Gasteiger partial charge in [0.25, 0.3) is 0 Å². The van der Waals surface area contributed by atoms with Crippen molar-refractivity contribution in [2.24, 2.45) is 0 Å². The van der Waals surface area contributed by atoms with Gasteiger partial charge in [-0.2, -0.15) is 0 Å². The van der Waals surface area contributed by atoms with Crippen LogP contribution in [0.15, 0.2) is 109 Å². The molecule has 0 bridgehead atoms. The number of halogens is 4. The molecule has 0 saturated carbocycles. The maximum Gasteiger partial charge on any atom is 3.00 e. The molecule has 236 valence electrons. The van der Waals surface area contributed by atoms with Crippen LogP contribution in [0.25, 0.3) is 0 Å². The number of para-hydroxylation sites is 4. The predicted octanol–water partition coefficient (Wildman–Crippen LogP) is 6.46. The molecule has 0 radical (unpaired) electrons. The van der Waals surface area contributed by atoms with Gasteiger partial charge in [0.05, 0.1) is 59.1 Å². The summed E-state index contributed by atoms with van der Waals surface area (Å²) in [5, 5.41) is 10.0. The number of benzene rings is 4. The molecule has 0 saturated heterocycles. The molecule has 0 aliphatic carbocycles. The molecular weight excluding hydrogens is 779 g/mol. The molecule has 0 unspecified atom stereocenters. The third-order valence-electron chi connectivity index (χ3n) is 7.15. The first kappa shape index (κ1) is 34.0. The number of carboxylic acids is 1. The first-order chi connectivity index (χ1) is 21.6. The molecular formula is C34H28F4IrN5O2+2. The predicted molar refractivity (Wildman–Crippen MR) is 165 cm³/mol. The molecule has 0 atom stereocenters. The monoisotopic (exact) mass is 807 g/mol. The largest absolute Gasteiger partial charge is 3.00 e. The SMILES string of the molecule is CN1CN(c2ccc(F)cc2F)c2ccccc21.CN1CN(c2ccc(F)cc2F)c2ccccc21.O=C([O-])c1ccccn1.[Ir+3]. The van der Waals surface area contributed by atoms with E-state index in [0.717, 1.165) is 34.9 Å². The Morgan fingerprint density at radius 2 is 1.02 bits per heavy atom. The molecule has 7 rings (SSSR count). The summed E-state index contributed by atoms with van der Waals surface area (Å²) in [6.07, 6.45) is 1.41. The van der Waals surface area contributed by atoms with Crippen LogP contribution in [0.4, 0.5) is 51.7 Å². The van der Waals surface area contributed by atoms with Gasteiger partial charge >= 0.3 is 20.1 Å². The Morgan fingerprint density at radius 1 is 0.609 bits per heavy atom. The van der Waals surface area contributed by atoms with E-state index >= 15 is 0 Å². The van der Waals surface area contributed by atoms with Crippen LogP contribution >= 0.6 is 0 Å². The summed E-state index contributed by atoms with van der Waals surface area (Å²) in [6, 6.07) is 27.5. The van der Waals surface area contributed by atoms with Crippen molar-refractivity contribution in [2.75, 3.05) is 47.0 Å². The first-order valence-corrected chi connectivity index (χ1v) is 13.8. The van der Waals surface area contributed by atoms with Crippen LogP contribution in [0, 0.1) is 23.3 Å². The van der Waals surface area contributed by atoms with Crippen molar-refractivity contribution in [1.29, 1.82) is 0 Å². The number of aromatic nitrogens is 1. The molecule has 5 aromatic rings. The standard InChI is InChI=1S/2C14H12F2N2.C6H5NO2.Ir/c2*1-17-9-18(14-5-3-2-4-13(14)17)12-7-6-10(15)8-11(12)16;8-6(9)5-3-1-2-4-7-5;/h2*2-8H,9H2,1H3;1-4H,(H,8,9);/q;;;+3/p-1. The Morgan fingerprint density at radius 3 is 1.37 bits per heavy atom. The number of aromatic carboxylic acids is 1. The summed E-state index contributed by atoms with van der Waals surface area (Å²) >= 11 is 0. The van der Waals surface area contributed by atoms with E-state index in [1.165, 1.54) is 36.5 Å². The van der Waals surface area contributed by atoms with Crippen LogP contribution in [0.3, 0.4) is 0 Å². The minimum Gasteiger partial charge on any atom is -0.543 e. The van der Waals surface area contributed by atoms with E-state index < -0.39 is 29.2 Å². The van der Waals surface area contributed by atoms with Crippen molar-refractivity contribution in [2.45, 2.75) is 0 Å². The number of carboxylic acid groups (broad SMARTS) is 1. The van der Waals surface area contributed by atoms with Crippen molar-refractivity contribution in [1.82, 2.24) is 4.98 Å². The van der Waals surface area contributed by atoms with E-state index in [-0.39, 0.29) is 25.8 Å². The van der Waals surface area contributed by atoms with Gasteiger partial charge in [-0.1, -0.05) is 30.3 Å². The summed E-state index contributed by atoms with van der Waals surface area (Å²) in [5.41, 5.74) is 4.72. The number of hydrogen-bond donors (Lipinski definition) is 0. The summed E-state index contributed by atoms with van der Waals surface area (Å²) in [4.78, 5) is 21.3. The van der Waals surface area contributed by atoms with E-state index in [2.05, 4.69) is 4.98 Å². The molecule has 1 aromatic heterocycles. The smallest absolute Gasteiger partial charge is 0.543 e. The van der Waals surface area contributed by atoms with Gasteiger partial charge in [-0.15, -0.1) is 0 Å². The van der Waals surface area contributed by atoms with Crippen molar-refractivity contribution in [3.8, 4) is 0 Å². The maximum atomic E-state index is 13.8. The van der Waals surface area contributed by atoms with Crippen LogP contribution in [0.5, 0.6) is 0 Å². The average Bonchev–Trinajstić information content (AvgIpc) is 3.55. The van der Waals surface area contributed by atoms with Gasteiger partial charge in [-0.3, -0.25) is 4.98 Å². The number of carbonyl (C=O) groups is 1. The van der Waals surface area contributed by atoms with E-state index in [0.29, 0.717) is 24.7 Å². The molecule has 3 heterocycles. The number of fused-ring (bicyclic) bond motifs is 2. The molecule has 0 amide bonds. The number of carbonyl (C=O) groups excluding carboxylic acids is 1. The quantitative estimate of drug-likeness (QED) is 0.194. The average molecular weight is 807 g/mol. The van der Waals surface area contributed by atoms with Gasteiger partial charge in [-0.25, -0.2) is 17.6 Å². The number of nitrogens with zero attached hydrogens (tertiary/aromatic N) is 5. The Labute approximate surface area is 277 Å².